The number of piperidine rings is 1. The second-order valence-electron chi connectivity index (χ2n) is 7.15. The molecule has 1 fully saturated rings. The Morgan fingerprint density at radius 3 is 2.89 bits per heavy atom. The van der Waals surface area contributed by atoms with E-state index in [4.69, 9.17) is 9.47 Å². The van der Waals surface area contributed by atoms with Crippen molar-refractivity contribution in [1.29, 1.82) is 0 Å². The van der Waals surface area contributed by atoms with Gasteiger partial charge in [-0.1, -0.05) is 12.1 Å². The molecule has 2 aliphatic rings. The monoisotopic (exact) mass is 371 g/mol. The molecule has 27 heavy (non-hydrogen) atoms. The molecule has 8 nitrogen and oxygen atoms in total. The number of nitrogens with one attached hydrogen (secondary N) is 2. The van der Waals surface area contributed by atoms with Crippen LogP contribution in [0.2, 0.25) is 0 Å². The van der Waals surface area contributed by atoms with E-state index in [-0.39, 0.29) is 12.1 Å². The van der Waals surface area contributed by atoms with Gasteiger partial charge in [-0.25, -0.2) is 9.78 Å². The van der Waals surface area contributed by atoms with E-state index in [1.165, 1.54) is 0 Å². The number of methoxy groups -OCH3 is 1. The first kappa shape index (κ1) is 17.6. The molecule has 8 heteroatoms. The van der Waals surface area contributed by atoms with Crippen LogP contribution in [-0.2, 0) is 6.42 Å². The van der Waals surface area contributed by atoms with Crippen molar-refractivity contribution < 1.29 is 14.3 Å². The highest BCUT2D eigenvalue weighted by atomic mass is 16.5. The number of H-pyrrole nitrogens is 1. The van der Waals surface area contributed by atoms with E-state index in [2.05, 4.69) is 20.5 Å². The number of benzene rings is 1. The van der Waals surface area contributed by atoms with Crippen LogP contribution in [0.4, 0.5) is 4.79 Å². The summed E-state index contributed by atoms with van der Waals surface area (Å²) in [5.74, 6) is 3.53. The summed E-state index contributed by atoms with van der Waals surface area (Å²) >= 11 is 0. The number of fused-ring (bicyclic) bond motifs is 1. The van der Waals surface area contributed by atoms with Crippen molar-refractivity contribution >= 4 is 6.03 Å². The molecule has 4 rings (SSSR count). The Morgan fingerprint density at radius 2 is 2.19 bits per heavy atom. The number of hydrogen-bond donors (Lipinski definition) is 2. The van der Waals surface area contributed by atoms with E-state index in [1.807, 2.05) is 30.0 Å². The zero-order chi connectivity index (χ0) is 18.8. The van der Waals surface area contributed by atoms with E-state index in [0.29, 0.717) is 25.6 Å². The summed E-state index contributed by atoms with van der Waals surface area (Å²) in [6.07, 6.45) is 2.50. The number of aryl methyl sites for hydroxylation is 1. The topological polar surface area (TPSA) is 92.4 Å². The number of aromatic amines is 1. The molecule has 144 valence electrons. The summed E-state index contributed by atoms with van der Waals surface area (Å²) in [5, 5.41) is 10.3. The van der Waals surface area contributed by atoms with Gasteiger partial charge in [0.15, 0.2) is 17.3 Å². The number of amides is 2. The number of nitrogens with zero attached hydrogens (tertiary/aromatic N) is 3. The van der Waals surface area contributed by atoms with Crippen LogP contribution in [0.3, 0.4) is 0 Å². The first-order chi connectivity index (χ1) is 13.1. The first-order valence-electron chi connectivity index (χ1n) is 9.37. The maximum atomic E-state index is 12.6. The van der Waals surface area contributed by atoms with Crippen LogP contribution >= 0.6 is 0 Å². The number of rotatable bonds is 3. The highest BCUT2D eigenvalue weighted by Gasteiger charge is 2.29. The quantitative estimate of drug-likeness (QED) is 0.861. The molecule has 2 aromatic rings. The average Bonchev–Trinajstić information content (AvgIpc) is 3.13. The minimum Gasteiger partial charge on any atom is -0.493 e. The van der Waals surface area contributed by atoms with Gasteiger partial charge in [0.2, 0.25) is 0 Å². The van der Waals surface area contributed by atoms with Crippen LogP contribution in [0.15, 0.2) is 18.2 Å². The Balaban J connectivity index is 1.31. The van der Waals surface area contributed by atoms with Crippen LogP contribution in [0.1, 0.15) is 36.0 Å². The summed E-state index contributed by atoms with van der Waals surface area (Å²) in [4.78, 5) is 18.9. The largest absolute Gasteiger partial charge is 0.493 e. The lowest BCUT2D eigenvalue weighted by molar-refractivity contribution is 0.166. The van der Waals surface area contributed by atoms with Crippen molar-refractivity contribution in [1.82, 2.24) is 25.4 Å². The first-order valence-corrected chi connectivity index (χ1v) is 9.37. The number of ether oxygens (including phenoxy) is 2. The third-order valence-corrected chi connectivity index (χ3v) is 5.26. The zero-order valence-corrected chi connectivity index (χ0v) is 15.7. The van der Waals surface area contributed by atoms with Gasteiger partial charge in [-0.15, -0.1) is 0 Å². The molecule has 1 unspecified atom stereocenters. The molecule has 3 heterocycles. The summed E-state index contributed by atoms with van der Waals surface area (Å²) < 4.78 is 11.2. The van der Waals surface area contributed by atoms with Crippen LogP contribution in [0.5, 0.6) is 11.5 Å². The fraction of sp³-hybridized carbons (Fsp3) is 0.526. The second kappa shape index (κ2) is 7.46. The summed E-state index contributed by atoms with van der Waals surface area (Å²) in [5.41, 5.74) is 1.06. The lowest BCUT2D eigenvalue weighted by atomic mass is 9.96. The minimum absolute atomic E-state index is 0.0282. The second-order valence-corrected chi connectivity index (χ2v) is 7.15. The van der Waals surface area contributed by atoms with E-state index in [0.717, 1.165) is 48.0 Å². The van der Waals surface area contributed by atoms with Gasteiger partial charge in [0.05, 0.1) is 13.2 Å². The van der Waals surface area contributed by atoms with Gasteiger partial charge in [-0.05, 0) is 32.3 Å². The van der Waals surface area contributed by atoms with Crippen molar-refractivity contribution in [2.45, 2.75) is 38.1 Å². The minimum atomic E-state index is -0.0366. The average molecular weight is 371 g/mol. The molecule has 0 radical (unpaired) electrons. The lowest BCUT2D eigenvalue weighted by Gasteiger charge is -2.33. The number of para-hydroxylation sites is 1. The third kappa shape index (κ3) is 3.70. The molecule has 0 bridgehead atoms. The van der Waals surface area contributed by atoms with Crippen molar-refractivity contribution in [2.24, 2.45) is 0 Å². The van der Waals surface area contributed by atoms with E-state index in [1.54, 1.807) is 7.11 Å². The van der Waals surface area contributed by atoms with Gasteiger partial charge in [-0.3, -0.25) is 5.10 Å². The normalized spacial score (nSPS) is 19.9. The van der Waals surface area contributed by atoms with E-state index < -0.39 is 0 Å². The number of urea groups is 1. The van der Waals surface area contributed by atoms with Gasteiger partial charge in [0.1, 0.15) is 12.4 Å². The van der Waals surface area contributed by atoms with Crippen molar-refractivity contribution in [2.75, 3.05) is 26.8 Å². The molecular formula is C19H25N5O3. The van der Waals surface area contributed by atoms with Gasteiger partial charge in [0.25, 0.3) is 0 Å². The van der Waals surface area contributed by atoms with Crippen LogP contribution in [-0.4, -0.2) is 59.0 Å². The number of hydrogen-bond acceptors (Lipinski definition) is 5. The van der Waals surface area contributed by atoms with E-state index >= 15 is 0 Å². The molecule has 2 aliphatic heterocycles. The molecule has 0 spiro atoms. The van der Waals surface area contributed by atoms with Crippen LogP contribution in [0.25, 0.3) is 0 Å². The Morgan fingerprint density at radius 1 is 1.37 bits per heavy atom. The van der Waals surface area contributed by atoms with Crippen molar-refractivity contribution in [3.05, 3.63) is 35.4 Å². The SMILES string of the molecule is COc1cccc2c1OCC(NC(=O)N1CCC(c3n[nH]c(C)n3)CC1)C2. The molecule has 1 atom stereocenters. The fourth-order valence-electron chi connectivity index (χ4n) is 3.80. The Bertz CT molecular complexity index is 813. The molecule has 2 amide bonds. The molecule has 2 N–H and O–H groups in total. The zero-order valence-electron chi connectivity index (χ0n) is 15.7. The molecular weight excluding hydrogens is 346 g/mol. The summed E-state index contributed by atoms with van der Waals surface area (Å²) in [6.45, 7) is 3.77. The van der Waals surface area contributed by atoms with Gasteiger partial charge >= 0.3 is 6.03 Å². The fourth-order valence-corrected chi connectivity index (χ4v) is 3.80. The molecule has 1 aromatic heterocycles. The Kier molecular flexibility index (Phi) is 4.87. The predicted octanol–water partition coefficient (Wildman–Crippen LogP) is 2.01. The smallest absolute Gasteiger partial charge is 0.317 e. The maximum absolute atomic E-state index is 12.6. The lowest BCUT2D eigenvalue weighted by Crippen LogP contribution is -2.50. The number of carbonyl (C=O) groups excluding carboxylic acids is 1. The molecule has 1 saturated heterocycles. The third-order valence-electron chi connectivity index (χ3n) is 5.26. The maximum Gasteiger partial charge on any atom is 0.317 e. The number of likely N-dealkylation sites (tertiary alicyclic amines) is 1. The van der Waals surface area contributed by atoms with Crippen molar-refractivity contribution in [3.63, 3.8) is 0 Å². The molecule has 1 aromatic carbocycles. The van der Waals surface area contributed by atoms with Gasteiger partial charge < -0.3 is 19.7 Å². The van der Waals surface area contributed by atoms with E-state index in [9.17, 15) is 4.79 Å². The van der Waals surface area contributed by atoms with Gasteiger partial charge in [-0.2, -0.15) is 5.10 Å². The predicted molar refractivity (Wildman–Crippen MR) is 99.2 cm³/mol. The Labute approximate surface area is 158 Å². The molecule has 0 aliphatic carbocycles. The highest BCUT2D eigenvalue weighted by Crippen LogP contribution is 2.34. The van der Waals surface area contributed by atoms with Crippen LogP contribution < -0.4 is 14.8 Å². The standard InChI is InChI=1S/C19H25N5O3/c1-12-20-18(23-22-12)13-6-8-24(9-7-13)19(25)21-15-10-14-4-3-5-16(26-2)17(14)27-11-15/h3-5,13,15H,6-11H2,1-2H3,(H,21,25)(H,20,22,23). The highest BCUT2D eigenvalue weighted by molar-refractivity contribution is 5.74. The summed E-state index contributed by atoms with van der Waals surface area (Å²) in [6, 6.07) is 5.78. The number of carbonyl (C=O) groups is 1. The Hall–Kier alpha value is -2.77. The van der Waals surface area contributed by atoms with Crippen molar-refractivity contribution in [3.8, 4) is 11.5 Å². The van der Waals surface area contributed by atoms with Gasteiger partial charge in [0, 0.05) is 24.6 Å². The summed E-state index contributed by atoms with van der Waals surface area (Å²) in [7, 11) is 1.64. The number of aromatic nitrogens is 3. The van der Waals surface area contributed by atoms with Crippen LogP contribution in [0, 0.1) is 6.92 Å². The molecule has 0 saturated carbocycles.